The molecular weight excluding hydrogens is 276 g/mol. The second-order valence-corrected chi connectivity index (χ2v) is 6.31. The van der Waals surface area contributed by atoms with Crippen molar-refractivity contribution in [3.05, 3.63) is 36.0 Å². The molecule has 0 spiro atoms. The van der Waals surface area contributed by atoms with Crippen molar-refractivity contribution in [1.29, 1.82) is 0 Å². The maximum Gasteiger partial charge on any atom is 0.245 e. The molecule has 4 nitrogen and oxygen atoms in total. The highest BCUT2D eigenvalue weighted by Gasteiger charge is 2.26. The third-order valence-corrected chi connectivity index (χ3v) is 4.77. The Morgan fingerprint density at radius 3 is 2.64 bits per heavy atom. The minimum atomic E-state index is -0.285. The minimum absolute atomic E-state index is 0.144. The van der Waals surface area contributed by atoms with Crippen molar-refractivity contribution in [2.75, 3.05) is 13.1 Å². The maximum absolute atomic E-state index is 12.8. The zero-order valence-corrected chi connectivity index (χ0v) is 13.2. The summed E-state index contributed by atoms with van der Waals surface area (Å²) >= 11 is 0. The third-order valence-electron chi connectivity index (χ3n) is 4.77. The lowest BCUT2D eigenvalue weighted by molar-refractivity contribution is -0.135. The van der Waals surface area contributed by atoms with Gasteiger partial charge in [0.1, 0.15) is 6.04 Å². The summed E-state index contributed by atoms with van der Waals surface area (Å²) in [6.45, 7) is 5.83. The van der Waals surface area contributed by atoms with Crippen molar-refractivity contribution in [3.8, 4) is 0 Å². The van der Waals surface area contributed by atoms with Crippen LogP contribution < -0.4 is 0 Å². The first kappa shape index (κ1) is 14.8. The van der Waals surface area contributed by atoms with Gasteiger partial charge in [0.05, 0.1) is 0 Å². The highest BCUT2D eigenvalue weighted by Crippen LogP contribution is 2.26. The number of hydrogen-bond acceptors (Lipinski definition) is 2. The number of carbonyl (C=O) groups excluding carboxylic acids is 2. The topological polar surface area (TPSA) is 42.3 Å². The molecule has 0 N–H and O–H groups in total. The van der Waals surface area contributed by atoms with E-state index in [4.69, 9.17) is 0 Å². The normalized spacial score (nSPS) is 17.6. The molecular formula is C18H22N2O2. The number of likely N-dealkylation sites (tertiary alicyclic amines) is 1. The van der Waals surface area contributed by atoms with E-state index in [0.29, 0.717) is 11.5 Å². The second-order valence-electron chi connectivity index (χ2n) is 6.31. The van der Waals surface area contributed by atoms with Gasteiger partial charge >= 0.3 is 0 Å². The summed E-state index contributed by atoms with van der Waals surface area (Å²) in [5, 5.41) is 0.907. The Kier molecular flexibility index (Phi) is 4.01. The molecule has 1 aliphatic heterocycles. The molecule has 0 radical (unpaired) electrons. The average Bonchev–Trinajstić information content (AvgIpc) is 2.93. The van der Waals surface area contributed by atoms with E-state index in [1.807, 2.05) is 40.7 Å². The van der Waals surface area contributed by atoms with Gasteiger partial charge in [0.15, 0.2) is 6.29 Å². The first-order chi connectivity index (χ1) is 10.6. The van der Waals surface area contributed by atoms with Gasteiger partial charge in [-0.25, -0.2) is 0 Å². The van der Waals surface area contributed by atoms with Gasteiger partial charge in [-0.05, 0) is 31.7 Å². The smallest absolute Gasteiger partial charge is 0.245 e. The third kappa shape index (κ3) is 2.54. The largest absolute Gasteiger partial charge is 0.341 e. The highest BCUT2D eigenvalue weighted by atomic mass is 16.2. The molecule has 1 unspecified atom stereocenters. The number of para-hydroxylation sites is 1. The van der Waals surface area contributed by atoms with E-state index in [0.717, 1.165) is 43.1 Å². The van der Waals surface area contributed by atoms with Gasteiger partial charge in [-0.2, -0.15) is 0 Å². The van der Waals surface area contributed by atoms with Crippen LogP contribution in [-0.4, -0.2) is 34.7 Å². The minimum Gasteiger partial charge on any atom is -0.341 e. The summed E-state index contributed by atoms with van der Waals surface area (Å²) in [5.74, 6) is 0.846. The Morgan fingerprint density at radius 2 is 1.95 bits per heavy atom. The van der Waals surface area contributed by atoms with Crippen LogP contribution >= 0.6 is 0 Å². The molecule has 2 aromatic rings. The van der Waals surface area contributed by atoms with Crippen LogP contribution in [0.15, 0.2) is 30.5 Å². The zero-order chi connectivity index (χ0) is 15.7. The summed E-state index contributed by atoms with van der Waals surface area (Å²) in [7, 11) is 0. The van der Waals surface area contributed by atoms with Crippen molar-refractivity contribution in [1.82, 2.24) is 9.47 Å². The van der Waals surface area contributed by atoms with Gasteiger partial charge in [-0.3, -0.25) is 9.59 Å². The van der Waals surface area contributed by atoms with Crippen LogP contribution in [0.4, 0.5) is 0 Å². The lowest BCUT2D eigenvalue weighted by atomic mass is 9.99. The molecule has 0 aliphatic carbocycles. The van der Waals surface area contributed by atoms with E-state index < -0.39 is 0 Å². The number of carbonyl (C=O) groups is 2. The van der Waals surface area contributed by atoms with Gasteiger partial charge in [0, 0.05) is 35.8 Å². The summed E-state index contributed by atoms with van der Waals surface area (Å²) in [4.78, 5) is 26.0. The number of benzene rings is 1. The first-order valence-electron chi connectivity index (χ1n) is 7.95. The zero-order valence-electron chi connectivity index (χ0n) is 13.2. The molecule has 116 valence electrons. The number of fused-ring (bicyclic) bond motifs is 1. The summed E-state index contributed by atoms with van der Waals surface area (Å²) in [5.41, 5.74) is 1.58. The number of piperidine rings is 1. The van der Waals surface area contributed by atoms with Crippen LogP contribution in [0.5, 0.6) is 0 Å². The second kappa shape index (κ2) is 5.95. The number of aromatic nitrogens is 1. The summed E-state index contributed by atoms with van der Waals surface area (Å²) in [6.07, 6.45) is 4.81. The number of hydrogen-bond donors (Lipinski definition) is 0. The van der Waals surface area contributed by atoms with Crippen LogP contribution in [0.25, 0.3) is 10.9 Å². The quantitative estimate of drug-likeness (QED) is 0.816. The first-order valence-corrected chi connectivity index (χ1v) is 7.95. The van der Waals surface area contributed by atoms with Gasteiger partial charge < -0.3 is 9.47 Å². The fourth-order valence-corrected chi connectivity index (χ4v) is 3.26. The maximum atomic E-state index is 12.8. The lowest BCUT2D eigenvalue weighted by Gasteiger charge is -2.32. The number of rotatable bonds is 3. The molecule has 22 heavy (non-hydrogen) atoms. The summed E-state index contributed by atoms with van der Waals surface area (Å²) < 4.78 is 1.93. The lowest BCUT2D eigenvalue weighted by Crippen LogP contribution is -2.41. The predicted molar refractivity (Wildman–Crippen MR) is 87.0 cm³/mol. The number of aldehydes is 1. The van der Waals surface area contributed by atoms with Crippen LogP contribution in [0.3, 0.4) is 0 Å². The molecule has 1 aliphatic rings. The van der Waals surface area contributed by atoms with E-state index in [1.165, 1.54) is 0 Å². The van der Waals surface area contributed by atoms with E-state index in [9.17, 15) is 9.59 Å². The Bertz CT molecular complexity index is 696. The van der Waals surface area contributed by atoms with Gasteiger partial charge in [0.2, 0.25) is 5.91 Å². The Morgan fingerprint density at radius 1 is 1.27 bits per heavy atom. The van der Waals surface area contributed by atoms with Crippen molar-refractivity contribution in [2.24, 2.45) is 5.92 Å². The van der Waals surface area contributed by atoms with Crippen LogP contribution in [0.2, 0.25) is 0 Å². The fourth-order valence-electron chi connectivity index (χ4n) is 3.26. The van der Waals surface area contributed by atoms with E-state index in [-0.39, 0.29) is 11.9 Å². The van der Waals surface area contributed by atoms with E-state index in [2.05, 4.69) is 6.92 Å². The molecule has 4 heteroatoms. The van der Waals surface area contributed by atoms with Crippen molar-refractivity contribution >= 4 is 23.1 Å². The van der Waals surface area contributed by atoms with Gasteiger partial charge in [-0.15, -0.1) is 0 Å². The Balaban J connectivity index is 1.90. The molecule has 2 heterocycles. The van der Waals surface area contributed by atoms with Crippen LogP contribution in [0, 0.1) is 5.92 Å². The van der Waals surface area contributed by atoms with E-state index >= 15 is 0 Å². The molecule has 1 amide bonds. The fraction of sp³-hybridized carbons (Fsp3) is 0.444. The van der Waals surface area contributed by atoms with Crippen molar-refractivity contribution in [3.63, 3.8) is 0 Å². The van der Waals surface area contributed by atoms with Gasteiger partial charge in [0.25, 0.3) is 0 Å². The molecule has 1 aromatic carbocycles. The van der Waals surface area contributed by atoms with Crippen LogP contribution in [-0.2, 0) is 4.79 Å². The number of nitrogens with zero attached hydrogens (tertiary/aromatic N) is 2. The summed E-state index contributed by atoms with van der Waals surface area (Å²) in [6, 6.07) is 7.46. The van der Waals surface area contributed by atoms with E-state index in [1.54, 1.807) is 6.20 Å². The molecule has 0 bridgehead atoms. The average molecular weight is 298 g/mol. The SMILES string of the molecule is CC1CCN(C(=O)C(C)n2cc(C=O)c3ccccc32)CC1. The highest BCUT2D eigenvalue weighted by molar-refractivity contribution is 5.98. The Hall–Kier alpha value is -2.10. The molecule has 1 saturated heterocycles. The molecule has 3 rings (SSSR count). The molecule has 1 aromatic heterocycles. The molecule has 1 fully saturated rings. The molecule has 0 saturated carbocycles. The van der Waals surface area contributed by atoms with Crippen molar-refractivity contribution in [2.45, 2.75) is 32.7 Å². The predicted octanol–water partition coefficient (Wildman–Crippen LogP) is 3.27. The van der Waals surface area contributed by atoms with Gasteiger partial charge in [-0.1, -0.05) is 25.1 Å². The monoisotopic (exact) mass is 298 g/mol. The standard InChI is InChI=1S/C18H22N2O2/c1-13-7-9-19(10-8-13)18(22)14(2)20-11-15(12-21)16-5-3-4-6-17(16)20/h3-6,11-14H,7-10H2,1-2H3. The number of amides is 1. The molecule has 1 atom stereocenters. The Labute approximate surface area is 130 Å². The van der Waals surface area contributed by atoms with Crippen LogP contribution in [0.1, 0.15) is 43.1 Å². The van der Waals surface area contributed by atoms with Crippen molar-refractivity contribution < 1.29 is 9.59 Å².